The molecule has 2 aromatic rings. The fraction of sp³-hybridized carbons (Fsp3) is 0.400. The van der Waals surface area contributed by atoms with Crippen molar-refractivity contribution in [3.63, 3.8) is 0 Å². The van der Waals surface area contributed by atoms with Gasteiger partial charge in [0.1, 0.15) is 11.5 Å². The number of unbranched alkanes of at least 4 members (excludes halogenated alkanes) is 1. The van der Waals surface area contributed by atoms with Gasteiger partial charge in [-0.05, 0) is 48.4 Å². The Morgan fingerprint density at radius 1 is 1.07 bits per heavy atom. The first-order chi connectivity index (χ1) is 13.1. The van der Waals surface area contributed by atoms with Crippen LogP contribution in [-0.2, 0) is 10.0 Å². The number of hydrogen-bond donors (Lipinski definition) is 0. The standard InChI is InChI=1S/C20H25NO4S2/c1-3-4-14-25-18-9-11-19(12-10-18)27(22,23)21-13-15-26-20(21)16-5-7-17(24-2)8-6-16/h5-12,20H,3-4,13-15H2,1-2H3/t20-/m1/s1. The minimum atomic E-state index is -3.57. The average Bonchev–Trinajstić information content (AvgIpc) is 3.19. The molecular weight excluding hydrogens is 382 g/mol. The second-order valence-corrected chi connectivity index (χ2v) is 9.36. The molecule has 5 nitrogen and oxygen atoms in total. The van der Waals surface area contributed by atoms with E-state index in [1.165, 1.54) is 0 Å². The van der Waals surface area contributed by atoms with Crippen molar-refractivity contribution in [3.05, 3.63) is 54.1 Å². The molecule has 0 unspecified atom stereocenters. The predicted octanol–water partition coefficient (Wildman–Crippen LogP) is 4.31. The van der Waals surface area contributed by atoms with E-state index in [4.69, 9.17) is 9.47 Å². The van der Waals surface area contributed by atoms with Gasteiger partial charge in [0.05, 0.1) is 24.0 Å². The zero-order valence-electron chi connectivity index (χ0n) is 15.6. The van der Waals surface area contributed by atoms with Crippen LogP contribution in [0, 0.1) is 0 Å². The zero-order valence-corrected chi connectivity index (χ0v) is 17.3. The van der Waals surface area contributed by atoms with E-state index in [1.54, 1.807) is 47.4 Å². The molecule has 1 atom stereocenters. The summed E-state index contributed by atoms with van der Waals surface area (Å²) in [7, 11) is -1.95. The quantitative estimate of drug-likeness (QED) is 0.610. The molecule has 1 aliphatic rings. The highest BCUT2D eigenvalue weighted by atomic mass is 32.2. The summed E-state index contributed by atoms with van der Waals surface area (Å²) in [6.07, 6.45) is 2.04. The number of hydrogen-bond acceptors (Lipinski definition) is 5. The molecule has 2 aromatic carbocycles. The fourth-order valence-corrected chi connectivity index (χ4v) is 6.15. The van der Waals surface area contributed by atoms with Crippen molar-refractivity contribution in [3.8, 4) is 11.5 Å². The van der Waals surface area contributed by atoms with Crippen LogP contribution in [0.15, 0.2) is 53.4 Å². The Hall–Kier alpha value is -1.70. The van der Waals surface area contributed by atoms with Crippen LogP contribution in [0.1, 0.15) is 30.7 Å². The minimum Gasteiger partial charge on any atom is -0.497 e. The van der Waals surface area contributed by atoms with Gasteiger partial charge >= 0.3 is 0 Å². The third-order valence-electron chi connectivity index (χ3n) is 4.45. The van der Waals surface area contributed by atoms with Gasteiger partial charge < -0.3 is 9.47 Å². The van der Waals surface area contributed by atoms with E-state index in [0.717, 1.165) is 29.9 Å². The van der Waals surface area contributed by atoms with E-state index >= 15 is 0 Å². The molecule has 1 aliphatic heterocycles. The Bertz CT molecular complexity index is 835. The molecular formula is C20H25NO4S2. The molecule has 0 radical (unpaired) electrons. The van der Waals surface area contributed by atoms with Gasteiger partial charge in [0.25, 0.3) is 0 Å². The Balaban J connectivity index is 1.78. The highest BCUT2D eigenvalue weighted by Crippen LogP contribution is 2.41. The lowest BCUT2D eigenvalue weighted by atomic mass is 10.2. The van der Waals surface area contributed by atoms with Gasteiger partial charge in [0.2, 0.25) is 10.0 Å². The number of methoxy groups -OCH3 is 1. The van der Waals surface area contributed by atoms with Gasteiger partial charge in [-0.25, -0.2) is 8.42 Å². The lowest BCUT2D eigenvalue weighted by molar-refractivity contribution is 0.309. The van der Waals surface area contributed by atoms with Crippen LogP contribution < -0.4 is 9.47 Å². The van der Waals surface area contributed by atoms with Crippen molar-refractivity contribution in [2.45, 2.75) is 30.0 Å². The molecule has 1 saturated heterocycles. The molecule has 27 heavy (non-hydrogen) atoms. The Morgan fingerprint density at radius 3 is 2.37 bits per heavy atom. The topological polar surface area (TPSA) is 55.8 Å². The maximum Gasteiger partial charge on any atom is 0.244 e. The maximum absolute atomic E-state index is 13.2. The molecule has 0 N–H and O–H groups in total. The molecule has 0 aliphatic carbocycles. The number of thioether (sulfide) groups is 1. The highest BCUT2D eigenvalue weighted by Gasteiger charge is 2.36. The SMILES string of the molecule is CCCCOc1ccc(S(=O)(=O)N2CCS[C@@H]2c2ccc(OC)cc2)cc1. The fourth-order valence-electron chi connectivity index (χ4n) is 2.91. The lowest BCUT2D eigenvalue weighted by Gasteiger charge is -2.23. The summed E-state index contributed by atoms with van der Waals surface area (Å²) in [5.74, 6) is 2.23. The highest BCUT2D eigenvalue weighted by molar-refractivity contribution is 8.01. The van der Waals surface area contributed by atoms with Gasteiger partial charge in [0, 0.05) is 12.3 Å². The van der Waals surface area contributed by atoms with Gasteiger partial charge in [-0.2, -0.15) is 4.31 Å². The molecule has 1 heterocycles. The largest absolute Gasteiger partial charge is 0.497 e. The van der Waals surface area contributed by atoms with Crippen LogP contribution in [0.2, 0.25) is 0 Å². The molecule has 3 rings (SSSR count). The molecule has 0 amide bonds. The van der Waals surface area contributed by atoms with E-state index in [2.05, 4.69) is 6.92 Å². The number of benzene rings is 2. The number of nitrogens with zero attached hydrogens (tertiary/aromatic N) is 1. The van der Waals surface area contributed by atoms with Crippen molar-refractivity contribution in [2.75, 3.05) is 26.0 Å². The third kappa shape index (κ3) is 4.59. The zero-order chi connectivity index (χ0) is 19.3. The van der Waals surface area contributed by atoms with Crippen LogP contribution in [0.25, 0.3) is 0 Å². The van der Waals surface area contributed by atoms with Crippen molar-refractivity contribution in [1.29, 1.82) is 0 Å². The monoisotopic (exact) mass is 407 g/mol. The van der Waals surface area contributed by atoms with Gasteiger partial charge in [-0.3, -0.25) is 0 Å². The maximum atomic E-state index is 13.2. The Labute approximate surface area is 165 Å². The van der Waals surface area contributed by atoms with Gasteiger partial charge in [0.15, 0.2) is 0 Å². The minimum absolute atomic E-state index is 0.221. The van der Waals surface area contributed by atoms with Crippen LogP contribution >= 0.6 is 11.8 Å². The number of ether oxygens (including phenoxy) is 2. The van der Waals surface area contributed by atoms with Crippen LogP contribution in [-0.4, -0.2) is 38.7 Å². The summed E-state index contributed by atoms with van der Waals surface area (Å²) in [4.78, 5) is 0.298. The van der Waals surface area contributed by atoms with E-state index in [-0.39, 0.29) is 5.37 Å². The predicted molar refractivity (Wildman–Crippen MR) is 109 cm³/mol. The van der Waals surface area contributed by atoms with E-state index in [0.29, 0.717) is 23.8 Å². The molecule has 0 spiro atoms. The molecule has 0 aromatic heterocycles. The third-order valence-corrected chi connectivity index (χ3v) is 7.72. The summed E-state index contributed by atoms with van der Waals surface area (Å²) in [5, 5.41) is -0.221. The van der Waals surface area contributed by atoms with Crippen molar-refractivity contribution in [1.82, 2.24) is 4.31 Å². The van der Waals surface area contributed by atoms with E-state index in [1.807, 2.05) is 24.3 Å². The van der Waals surface area contributed by atoms with Crippen molar-refractivity contribution < 1.29 is 17.9 Å². The average molecular weight is 408 g/mol. The van der Waals surface area contributed by atoms with Gasteiger partial charge in [-0.1, -0.05) is 25.5 Å². The Kier molecular flexibility index (Phi) is 6.68. The smallest absolute Gasteiger partial charge is 0.244 e. The number of sulfonamides is 1. The van der Waals surface area contributed by atoms with Crippen LogP contribution in [0.5, 0.6) is 11.5 Å². The van der Waals surface area contributed by atoms with E-state index < -0.39 is 10.0 Å². The summed E-state index contributed by atoms with van der Waals surface area (Å²) >= 11 is 1.64. The molecule has 0 saturated carbocycles. The summed E-state index contributed by atoms with van der Waals surface area (Å²) in [6, 6.07) is 14.3. The van der Waals surface area contributed by atoms with Crippen molar-refractivity contribution in [2.24, 2.45) is 0 Å². The molecule has 146 valence electrons. The Morgan fingerprint density at radius 2 is 1.74 bits per heavy atom. The molecule has 1 fully saturated rings. The first kappa shape index (κ1) is 20.0. The van der Waals surface area contributed by atoms with Crippen LogP contribution in [0.4, 0.5) is 0 Å². The second kappa shape index (κ2) is 8.99. The molecule has 7 heteroatoms. The summed E-state index contributed by atoms with van der Waals surface area (Å²) in [5.41, 5.74) is 0.960. The second-order valence-electron chi connectivity index (χ2n) is 6.29. The normalized spacial score (nSPS) is 17.8. The summed E-state index contributed by atoms with van der Waals surface area (Å²) in [6.45, 7) is 3.25. The van der Waals surface area contributed by atoms with Crippen molar-refractivity contribution >= 4 is 21.8 Å². The summed E-state index contributed by atoms with van der Waals surface area (Å²) < 4.78 is 38.7. The van der Waals surface area contributed by atoms with E-state index in [9.17, 15) is 8.42 Å². The lowest BCUT2D eigenvalue weighted by Crippen LogP contribution is -2.30. The first-order valence-corrected chi connectivity index (χ1v) is 11.6. The molecule has 0 bridgehead atoms. The first-order valence-electron chi connectivity index (χ1n) is 9.06. The van der Waals surface area contributed by atoms with Crippen LogP contribution in [0.3, 0.4) is 0 Å². The number of rotatable bonds is 8. The van der Waals surface area contributed by atoms with Gasteiger partial charge in [-0.15, -0.1) is 11.8 Å².